The van der Waals surface area contributed by atoms with Gasteiger partial charge >= 0.3 is 0 Å². The molecule has 0 aliphatic heterocycles. The van der Waals surface area contributed by atoms with Crippen LogP contribution < -0.4 is 5.32 Å². The summed E-state index contributed by atoms with van der Waals surface area (Å²) in [5, 5.41) is 15.4. The number of hydrogen-bond acceptors (Lipinski definition) is 5. The smallest absolute Gasteiger partial charge is 0.234 e. The number of halogens is 1. The minimum atomic E-state index is -0.146. The number of hydrogen-bond donors (Lipinski definition) is 1. The fourth-order valence-electron chi connectivity index (χ4n) is 1.64. The number of carbonyl (C=O) groups is 1. The van der Waals surface area contributed by atoms with Crippen LogP contribution in [0.2, 0.25) is 5.02 Å². The summed E-state index contributed by atoms with van der Waals surface area (Å²) >= 11 is 7.29. The van der Waals surface area contributed by atoms with Crippen molar-refractivity contribution in [3.63, 3.8) is 0 Å². The van der Waals surface area contributed by atoms with Gasteiger partial charge in [-0.05, 0) is 28.5 Å². The standard InChI is InChI=1S/C13H16ClN5OS/c1-9(2)7-19-13(16-17-18-19)21-8-12(20)15-11-6-4-3-5-10(11)14/h3-6,9H,7-8H2,1-2H3,(H,15,20). The predicted octanol–water partition coefficient (Wildman–Crippen LogP) is 2.71. The average Bonchev–Trinajstić information content (AvgIpc) is 2.85. The van der Waals surface area contributed by atoms with Gasteiger partial charge in [-0.3, -0.25) is 4.79 Å². The highest BCUT2D eigenvalue weighted by molar-refractivity contribution is 7.99. The van der Waals surface area contributed by atoms with Gasteiger partial charge in [0.1, 0.15) is 0 Å². The van der Waals surface area contributed by atoms with E-state index in [0.29, 0.717) is 21.8 Å². The molecule has 0 spiro atoms. The average molecular weight is 326 g/mol. The van der Waals surface area contributed by atoms with Crippen LogP contribution in [0.1, 0.15) is 13.8 Å². The number of aromatic nitrogens is 4. The molecule has 1 amide bonds. The Balaban J connectivity index is 1.90. The van der Waals surface area contributed by atoms with Crippen molar-refractivity contribution in [3.8, 4) is 0 Å². The van der Waals surface area contributed by atoms with E-state index in [1.54, 1.807) is 16.8 Å². The molecule has 1 N–H and O–H groups in total. The molecule has 1 heterocycles. The molecule has 0 fully saturated rings. The second-order valence-electron chi connectivity index (χ2n) is 4.85. The Morgan fingerprint density at radius 3 is 2.90 bits per heavy atom. The van der Waals surface area contributed by atoms with Crippen molar-refractivity contribution in [3.05, 3.63) is 29.3 Å². The van der Waals surface area contributed by atoms with Crippen molar-refractivity contribution in [2.45, 2.75) is 25.5 Å². The quantitative estimate of drug-likeness (QED) is 0.827. The van der Waals surface area contributed by atoms with Crippen LogP contribution in [0.3, 0.4) is 0 Å². The first-order chi connectivity index (χ1) is 10.1. The molecule has 1 aromatic heterocycles. The minimum absolute atomic E-state index is 0.146. The molecule has 0 aliphatic carbocycles. The van der Waals surface area contributed by atoms with E-state index in [4.69, 9.17) is 11.6 Å². The first-order valence-corrected chi connectivity index (χ1v) is 7.86. The highest BCUT2D eigenvalue weighted by Crippen LogP contribution is 2.21. The zero-order valence-electron chi connectivity index (χ0n) is 11.8. The van der Waals surface area contributed by atoms with Gasteiger partial charge in [-0.25, -0.2) is 4.68 Å². The molecule has 2 rings (SSSR count). The van der Waals surface area contributed by atoms with Gasteiger partial charge < -0.3 is 5.32 Å². The summed E-state index contributed by atoms with van der Waals surface area (Å²) in [5.74, 6) is 0.515. The van der Waals surface area contributed by atoms with Gasteiger partial charge in [0, 0.05) is 6.54 Å². The van der Waals surface area contributed by atoms with Crippen LogP contribution in [0, 0.1) is 5.92 Å². The lowest BCUT2D eigenvalue weighted by Gasteiger charge is -2.08. The molecule has 8 heteroatoms. The summed E-state index contributed by atoms with van der Waals surface area (Å²) in [4.78, 5) is 11.9. The van der Waals surface area contributed by atoms with E-state index in [1.807, 2.05) is 12.1 Å². The van der Waals surface area contributed by atoms with E-state index in [1.165, 1.54) is 11.8 Å². The third kappa shape index (κ3) is 4.71. The van der Waals surface area contributed by atoms with Crippen molar-refractivity contribution >= 4 is 35.0 Å². The minimum Gasteiger partial charge on any atom is -0.324 e. The number of anilines is 1. The Labute approximate surface area is 132 Å². The predicted molar refractivity (Wildman–Crippen MR) is 83.5 cm³/mol. The van der Waals surface area contributed by atoms with Gasteiger partial charge in [0.25, 0.3) is 0 Å². The Morgan fingerprint density at radius 1 is 1.43 bits per heavy atom. The van der Waals surface area contributed by atoms with Gasteiger partial charge in [0.2, 0.25) is 11.1 Å². The molecule has 0 saturated heterocycles. The summed E-state index contributed by atoms with van der Waals surface area (Å²) in [6.45, 7) is 4.89. The molecule has 0 aliphatic rings. The number of nitrogens with zero attached hydrogens (tertiary/aromatic N) is 4. The van der Waals surface area contributed by atoms with Crippen LogP contribution in [0.25, 0.3) is 0 Å². The van der Waals surface area contributed by atoms with Gasteiger partial charge in [-0.1, -0.05) is 49.3 Å². The first-order valence-electron chi connectivity index (χ1n) is 6.49. The molecule has 21 heavy (non-hydrogen) atoms. The maximum Gasteiger partial charge on any atom is 0.234 e. The van der Waals surface area contributed by atoms with Gasteiger partial charge in [-0.2, -0.15) is 0 Å². The molecular weight excluding hydrogens is 310 g/mol. The number of rotatable bonds is 6. The highest BCUT2D eigenvalue weighted by Gasteiger charge is 2.11. The molecule has 6 nitrogen and oxygen atoms in total. The normalized spacial score (nSPS) is 10.9. The Hall–Kier alpha value is -1.60. The SMILES string of the molecule is CC(C)Cn1nnnc1SCC(=O)Nc1ccccc1Cl. The number of benzene rings is 1. The lowest BCUT2D eigenvalue weighted by molar-refractivity contribution is -0.113. The van der Waals surface area contributed by atoms with E-state index < -0.39 is 0 Å². The van der Waals surface area contributed by atoms with E-state index in [9.17, 15) is 4.79 Å². The fourth-order valence-corrected chi connectivity index (χ4v) is 2.51. The molecule has 0 saturated carbocycles. The number of nitrogens with one attached hydrogen (secondary N) is 1. The maximum atomic E-state index is 11.9. The maximum absolute atomic E-state index is 11.9. The zero-order chi connectivity index (χ0) is 15.2. The topological polar surface area (TPSA) is 72.7 Å². The first kappa shape index (κ1) is 15.8. The largest absolute Gasteiger partial charge is 0.324 e. The number of amides is 1. The fraction of sp³-hybridized carbons (Fsp3) is 0.385. The third-order valence-corrected chi connectivity index (χ3v) is 3.80. The van der Waals surface area contributed by atoms with Crippen LogP contribution in [0.4, 0.5) is 5.69 Å². The number of tetrazole rings is 1. The van der Waals surface area contributed by atoms with Gasteiger partial charge in [-0.15, -0.1) is 5.10 Å². The zero-order valence-corrected chi connectivity index (χ0v) is 13.4. The van der Waals surface area contributed by atoms with E-state index in [0.717, 1.165) is 6.54 Å². The van der Waals surface area contributed by atoms with E-state index >= 15 is 0 Å². The Morgan fingerprint density at radius 2 is 2.19 bits per heavy atom. The monoisotopic (exact) mass is 325 g/mol. The summed E-state index contributed by atoms with van der Waals surface area (Å²) in [5.41, 5.74) is 0.603. The van der Waals surface area contributed by atoms with Crippen molar-refractivity contribution in [1.29, 1.82) is 0 Å². The van der Waals surface area contributed by atoms with Crippen molar-refractivity contribution in [2.75, 3.05) is 11.1 Å². The van der Waals surface area contributed by atoms with E-state index in [-0.39, 0.29) is 11.7 Å². The summed E-state index contributed by atoms with van der Waals surface area (Å²) in [6, 6.07) is 7.12. The molecular formula is C13H16ClN5OS. The van der Waals surface area contributed by atoms with Crippen molar-refractivity contribution in [1.82, 2.24) is 20.2 Å². The molecule has 0 bridgehead atoms. The van der Waals surface area contributed by atoms with Gasteiger partial charge in [0.05, 0.1) is 16.5 Å². The molecule has 112 valence electrons. The summed E-state index contributed by atoms with van der Waals surface area (Å²) in [7, 11) is 0. The lowest BCUT2D eigenvalue weighted by atomic mass is 10.2. The van der Waals surface area contributed by atoms with Crippen LogP contribution in [0.5, 0.6) is 0 Å². The van der Waals surface area contributed by atoms with Crippen LogP contribution >= 0.6 is 23.4 Å². The van der Waals surface area contributed by atoms with Gasteiger partial charge in [0.15, 0.2) is 0 Å². The number of thioether (sulfide) groups is 1. The number of carbonyl (C=O) groups excluding carboxylic acids is 1. The summed E-state index contributed by atoms with van der Waals surface area (Å²) in [6.07, 6.45) is 0. The summed E-state index contributed by atoms with van der Waals surface area (Å²) < 4.78 is 1.71. The molecule has 2 aromatic rings. The molecule has 0 radical (unpaired) electrons. The highest BCUT2D eigenvalue weighted by atomic mass is 35.5. The molecule has 0 atom stereocenters. The van der Waals surface area contributed by atoms with E-state index in [2.05, 4.69) is 34.7 Å². The lowest BCUT2D eigenvalue weighted by Crippen LogP contribution is -2.15. The Kier molecular flexibility index (Phi) is 5.58. The second kappa shape index (κ2) is 7.42. The van der Waals surface area contributed by atoms with Crippen LogP contribution in [-0.4, -0.2) is 31.9 Å². The van der Waals surface area contributed by atoms with Crippen molar-refractivity contribution < 1.29 is 4.79 Å². The van der Waals surface area contributed by atoms with Crippen LogP contribution in [-0.2, 0) is 11.3 Å². The third-order valence-electron chi connectivity index (χ3n) is 2.52. The molecule has 0 unspecified atom stereocenters. The van der Waals surface area contributed by atoms with Crippen LogP contribution in [0.15, 0.2) is 29.4 Å². The Bertz CT molecular complexity index is 616. The molecule has 1 aromatic carbocycles. The number of para-hydroxylation sites is 1. The second-order valence-corrected chi connectivity index (χ2v) is 6.20. The van der Waals surface area contributed by atoms with Crippen molar-refractivity contribution in [2.24, 2.45) is 5.92 Å².